The van der Waals surface area contributed by atoms with Gasteiger partial charge >= 0.3 is 0 Å². The van der Waals surface area contributed by atoms with Gasteiger partial charge in [-0.3, -0.25) is 4.90 Å². The summed E-state index contributed by atoms with van der Waals surface area (Å²) in [4.78, 5) is 2.61. The highest BCUT2D eigenvalue weighted by Gasteiger charge is 2.21. The minimum absolute atomic E-state index is 0.695. The molecule has 2 nitrogen and oxygen atoms in total. The summed E-state index contributed by atoms with van der Waals surface area (Å²) >= 11 is 3.64. The summed E-state index contributed by atoms with van der Waals surface area (Å²) in [7, 11) is 2.05. The van der Waals surface area contributed by atoms with Crippen molar-refractivity contribution in [2.75, 3.05) is 20.1 Å². The lowest BCUT2D eigenvalue weighted by molar-refractivity contribution is 0.139. The second kappa shape index (κ2) is 6.53. The monoisotopic (exact) mass is 296 g/mol. The molecule has 1 saturated heterocycles. The van der Waals surface area contributed by atoms with Gasteiger partial charge in [0.25, 0.3) is 0 Å². The molecule has 0 aromatic heterocycles. The predicted octanol–water partition coefficient (Wildman–Crippen LogP) is 3.02. The summed E-state index contributed by atoms with van der Waals surface area (Å²) in [6.07, 6.45) is 4.04. The fraction of sp³-hybridized carbons (Fsp3) is 0.571. The molecule has 94 valence electrons. The van der Waals surface area contributed by atoms with Crippen LogP contribution in [0.25, 0.3) is 0 Å². The van der Waals surface area contributed by atoms with Crippen LogP contribution in [0, 0.1) is 0 Å². The van der Waals surface area contributed by atoms with Crippen LogP contribution in [0.15, 0.2) is 28.7 Å². The highest BCUT2D eigenvalue weighted by atomic mass is 79.9. The minimum atomic E-state index is 0.695. The highest BCUT2D eigenvalue weighted by molar-refractivity contribution is 9.10. The standard InChI is InChI=1S/C14H21BrN2/c1-16-10-13-7-4-5-9-17(13)11-12-6-2-3-8-14(12)15/h2-3,6,8,13,16H,4-5,7,9-11H2,1H3. The maximum absolute atomic E-state index is 3.64. The molecule has 0 bridgehead atoms. The molecule has 1 aromatic rings. The van der Waals surface area contributed by atoms with Crippen molar-refractivity contribution < 1.29 is 0 Å². The number of hydrogen-bond donors (Lipinski definition) is 1. The second-order valence-electron chi connectivity index (χ2n) is 4.77. The van der Waals surface area contributed by atoms with Crippen LogP contribution >= 0.6 is 15.9 Å². The maximum atomic E-state index is 3.64. The summed E-state index contributed by atoms with van der Waals surface area (Å²) in [5.74, 6) is 0. The molecule has 1 fully saturated rings. The fourth-order valence-electron chi connectivity index (χ4n) is 2.58. The molecule has 0 saturated carbocycles. The van der Waals surface area contributed by atoms with E-state index < -0.39 is 0 Å². The molecule has 2 rings (SSSR count). The molecule has 0 aliphatic carbocycles. The van der Waals surface area contributed by atoms with E-state index in [4.69, 9.17) is 0 Å². The Labute approximate surface area is 113 Å². The van der Waals surface area contributed by atoms with Crippen LogP contribution < -0.4 is 5.32 Å². The first-order chi connectivity index (χ1) is 8.31. The van der Waals surface area contributed by atoms with Gasteiger partial charge in [0.2, 0.25) is 0 Å². The van der Waals surface area contributed by atoms with Crippen molar-refractivity contribution in [2.45, 2.75) is 31.8 Å². The van der Waals surface area contributed by atoms with E-state index >= 15 is 0 Å². The Morgan fingerprint density at radius 2 is 2.18 bits per heavy atom. The quantitative estimate of drug-likeness (QED) is 0.919. The Bertz CT molecular complexity index is 352. The molecule has 0 radical (unpaired) electrons. The van der Waals surface area contributed by atoms with E-state index in [9.17, 15) is 0 Å². The van der Waals surface area contributed by atoms with E-state index in [0.29, 0.717) is 6.04 Å². The highest BCUT2D eigenvalue weighted by Crippen LogP contribution is 2.23. The summed E-state index contributed by atoms with van der Waals surface area (Å²) in [5.41, 5.74) is 1.40. The number of piperidine rings is 1. The van der Waals surface area contributed by atoms with Crippen molar-refractivity contribution in [3.05, 3.63) is 34.3 Å². The molecule has 17 heavy (non-hydrogen) atoms. The zero-order chi connectivity index (χ0) is 12.1. The molecule has 3 heteroatoms. The molecule has 1 atom stereocenters. The van der Waals surface area contributed by atoms with Gasteiger partial charge < -0.3 is 5.32 Å². The number of nitrogens with one attached hydrogen (secondary N) is 1. The zero-order valence-electron chi connectivity index (χ0n) is 10.5. The lowest BCUT2D eigenvalue weighted by Crippen LogP contribution is -2.44. The summed E-state index contributed by atoms with van der Waals surface area (Å²) in [6, 6.07) is 9.24. The lowest BCUT2D eigenvalue weighted by Gasteiger charge is -2.35. The first kappa shape index (κ1) is 13.1. The third kappa shape index (κ3) is 3.54. The van der Waals surface area contributed by atoms with Crippen LogP contribution in [-0.4, -0.2) is 31.1 Å². The normalized spacial score (nSPS) is 21.6. The lowest BCUT2D eigenvalue weighted by atomic mass is 10.0. The van der Waals surface area contributed by atoms with Crippen LogP contribution in [0.1, 0.15) is 24.8 Å². The Morgan fingerprint density at radius 1 is 1.35 bits per heavy atom. The van der Waals surface area contributed by atoms with Crippen LogP contribution in [0.2, 0.25) is 0 Å². The average molecular weight is 297 g/mol. The van der Waals surface area contributed by atoms with Gasteiger partial charge in [0, 0.05) is 23.6 Å². The largest absolute Gasteiger partial charge is 0.318 e. The SMILES string of the molecule is CNCC1CCCCN1Cc1ccccc1Br. The topological polar surface area (TPSA) is 15.3 Å². The molecule has 1 aliphatic rings. The molecule has 1 unspecified atom stereocenters. The van der Waals surface area contributed by atoms with E-state index in [-0.39, 0.29) is 0 Å². The second-order valence-corrected chi connectivity index (χ2v) is 5.62. The van der Waals surface area contributed by atoms with E-state index in [2.05, 4.69) is 50.4 Å². The van der Waals surface area contributed by atoms with Crippen LogP contribution in [-0.2, 0) is 6.54 Å². The van der Waals surface area contributed by atoms with Crippen molar-refractivity contribution in [1.29, 1.82) is 0 Å². The number of nitrogens with zero attached hydrogens (tertiary/aromatic N) is 1. The average Bonchev–Trinajstić information content (AvgIpc) is 2.35. The van der Waals surface area contributed by atoms with Crippen molar-refractivity contribution in [2.24, 2.45) is 0 Å². The van der Waals surface area contributed by atoms with Gasteiger partial charge in [-0.25, -0.2) is 0 Å². The minimum Gasteiger partial charge on any atom is -0.318 e. The summed E-state index contributed by atoms with van der Waals surface area (Å²) in [5, 5.41) is 3.31. The molecular weight excluding hydrogens is 276 g/mol. The predicted molar refractivity (Wildman–Crippen MR) is 76.1 cm³/mol. The molecule has 1 aromatic carbocycles. The maximum Gasteiger partial charge on any atom is 0.0248 e. The number of halogens is 1. The number of likely N-dealkylation sites (tertiary alicyclic amines) is 1. The zero-order valence-corrected chi connectivity index (χ0v) is 12.0. The van der Waals surface area contributed by atoms with E-state index in [1.807, 2.05) is 7.05 Å². The van der Waals surface area contributed by atoms with Gasteiger partial charge in [0.05, 0.1) is 0 Å². The van der Waals surface area contributed by atoms with Crippen molar-refractivity contribution in [1.82, 2.24) is 10.2 Å². The molecular formula is C14H21BrN2. The van der Waals surface area contributed by atoms with Crippen LogP contribution in [0.3, 0.4) is 0 Å². The number of likely N-dealkylation sites (N-methyl/N-ethyl adjacent to an activating group) is 1. The Hall–Kier alpha value is -0.380. The molecule has 1 heterocycles. The van der Waals surface area contributed by atoms with Gasteiger partial charge in [0.1, 0.15) is 0 Å². The van der Waals surface area contributed by atoms with E-state index in [0.717, 1.165) is 13.1 Å². The smallest absolute Gasteiger partial charge is 0.0248 e. The van der Waals surface area contributed by atoms with Crippen molar-refractivity contribution in [3.63, 3.8) is 0 Å². The van der Waals surface area contributed by atoms with E-state index in [1.165, 1.54) is 35.8 Å². The Balaban J connectivity index is 2.03. The molecule has 0 amide bonds. The van der Waals surface area contributed by atoms with Gasteiger partial charge in [-0.1, -0.05) is 40.5 Å². The first-order valence-corrected chi connectivity index (χ1v) is 7.22. The molecule has 0 spiro atoms. The van der Waals surface area contributed by atoms with Crippen LogP contribution in [0.4, 0.5) is 0 Å². The van der Waals surface area contributed by atoms with E-state index in [1.54, 1.807) is 0 Å². The Morgan fingerprint density at radius 3 is 2.94 bits per heavy atom. The fourth-order valence-corrected chi connectivity index (χ4v) is 2.99. The summed E-state index contributed by atoms with van der Waals surface area (Å²) < 4.78 is 1.23. The Kier molecular flexibility index (Phi) is 5.01. The van der Waals surface area contributed by atoms with Crippen molar-refractivity contribution >= 4 is 15.9 Å². The summed E-state index contributed by atoms with van der Waals surface area (Å²) in [6.45, 7) is 3.39. The third-order valence-electron chi connectivity index (χ3n) is 3.52. The third-order valence-corrected chi connectivity index (χ3v) is 4.29. The number of benzene rings is 1. The molecule has 1 N–H and O–H groups in total. The van der Waals surface area contributed by atoms with Crippen LogP contribution in [0.5, 0.6) is 0 Å². The van der Waals surface area contributed by atoms with Gasteiger partial charge in [-0.05, 0) is 38.1 Å². The van der Waals surface area contributed by atoms with Gasteiger partial charge in [0.15, 0.2) is 0 Å². The van der Waals surface area contributed by atoms with Crippen molar-refractivity contribution in [3.8, 4) is 0 Å². The number of hydrogen-bond acceptors (Lipinski definition) is 2. The number of rotatable bonds is 4. The van der Waals surface area contributed by atoms with Gasteiger partial charge in [-0.2, -0.15) is 0 Å². The molecule has 1 aliphatic heterocycles. The first-order valence-electron chi connectivity index (χ1n) is 6.43. The van der Waals surface area contributed by atoms with Gasteiger partial charge in [-0.15, -0.1) is 0 Å².